The third kappa shape index (κ3) is 3.79. The van der Waals surface area contributed by atoms with E-state index in [1.165, 1.54) is 4.90 Å². The van der Waals surface area contributed by atoms with Crippen molar-refractivity contribution in [2.75, 3.05) is 11.4 Å². The first-order chi connectivity index (χ1) is 9.14. The second-order valence-corrected chi connectivity index (χ2v) is 6.05. The first-order valence-electron chi connectivity index (χ1n) is 6.61. The molecule has 0 aliphatic carbocycles. The van der Waals surface area contributed by atoms with Crippen LogP contribution in [-0.4, -0.2) is 28.5 Å². The van der Waals surface area contributed by atoms with Gasteiger partial charge in [0, 0.05) is 18.2 Å². The second-order valence-electron chi connectivity index (χ2n) is 6.05. The van der Waals surface area contributed by atoms with Crippen LogP contribution < -0.4 is 4.90 Å². The predicted octanol–water partition coefficient (Wildman–Crippen LogP) is 2.49. The summed E-state index contributed by atoms with van der Waals surface area (Å²) in [6, 6.07) is 3.65. The molecule has 1 amide bonds. The van der Waals surface area contributed by atoms with Gasteiger partial charge in [-0.05, 0) is 18.6 Å². The van der Waals surface area contributed by atoms with Crippen molar-refractivity contribution in [2.45, 2.75) is 34.6 Å². The van der Waals surface area contributed by atoms with Crippen molar-refractivity contribution in [3.8, 4) is 0 Å². The number of carbonyl (C=O) groups excluding carboxylic acids is 1. The fourth-order valence-corrected chi connectivity index (χ4v) is 1.78. The molecule has 0 saturated heterocycles. The van der Waals surface area contributed by atoms with Crippen LogP contribution >= 0.6 is 0 Å². The molecule has 0 aliphatic heterocycles. The van der Waals surface area contributed by atoms with Gasteiger partial charge in [0.1, 0.15) is 5.82 Å². The van der Waals surface area contributed by atoms with Crippen LogP contribution in [0.5, 0.6) is 0 Å². The molecule has 0 radical (unpaired) electrons. The Kier molecular flexibility index (Phi) is 4.87. The lowest BCUT2D eigenvalue weighted by Gasteiger charge is -2.30. The number of rotatable bonds is 4. The van der Waals surface area contributed by atoms with Crippen molar-refractivity contribution >= 4 is 17.7 Å². The molecule has 20 heavy (non-hydrogen) atoms. The number of hydrogen-bond donors (Lipinski definition) is 1. The molecule has 0 aliphatic rings. The molecule has 1 unspecified atom stereocenters. The van der Waals surface area contributed by atoms with Gasteiger partial charge in [-0.15, -0.1) is 0 Å². The number of carbonyl (C=O) groups is 2. The van der Waals surface area contributed by atoms with Gasteiger partial charge in [-0.2, -0.15) is 0 Å². The SMILES string of the molecule is Cc1cccnc1N(CC(C)C(=O)O)C(=O)C(C)(C)C. The molecule has 0 spiro atoms. The molecule has 0 saturated carbocycles. The summed E-state index contributed by atoms with van der Waals surface area (Å²) in [7, 11) is 0. The molecule has 1 N–H and O–H groups in total. The number of nitrogens with zero attached hydrogens (tertiary/aromatic N) is 2. The lowest BCUT2D eigenvalue weighted by atomic mass is 9.94. The van der Waals surface area contributed by atoms with Crippen LogP contribution in [0.3, 0.4) is 0 Å². The average molecular weight is 278 g/mol. The smallest absolute Gasteiger partial charge is 0.308 e. The fraction of sp³-hybridized carbons (Fsp3) is 0.533. The summed E-state index contributed by atoms with van der Waals surface area (Å²) in [4.78, 5) is 29.4. The summed E-state index contributed by atoms with van der Waals surface area (Å²) in [6.45, 7) is 8.99. The summed E-state index contributed by atoms with van der Waals surface area (Å²) in [5.41, 5.74) is 0.255. The summed E-state index contributed by atoms with van der Waals surface area (Å²) in [5.74, 6) is -1.18. The molecular formula is C15H22N2O3. The molecule has 0 bridgehead atoms. The largest absolute Gasteiger partial charge is 0.481 e. The molecule has 0 aromatic carbocycles. The lowest BCUT2D eigenvalue weighted by Crippen LogP contribution is -2.44. The summed E-state index contributed by atoms with van der Waals surface area (Å²) >= 11 is 0. The Morgan fingerprint density at radius 1 is 1.40 bits per heavy atom. The van der Waals surface area contributed by atoms with E-state index in [4.69, 9.17) is 5.11 Å². The molecule has 1 atom stereocenters. The number of aliphatic carboxylic acids is 1. The maximum absolute atomic E-state index is 12.6. The zero-order chi connectivity index (χ0) is 15.5. The molecular weight excluding hydrogens is 256 g/mol. The van der Waals surface area contributed by atoms with Crippen LogP contribution in [0.15, 0.2) is 18.3 Å². The van der Waals surface area contributed by atoms with E-state index in [2.05, 4.69) is 4.98 Å². The minimum Gasteiger partial charge on any atom is -0.481 e. The van der Waals surface area contributed by atoms with Gasteiger partial charge >= 0.3 is 5.97 Å². The third-order valence-corrected chi connectivity index (χ3v) is 3.00. The van der Waals surface area contributed by atoms with E-state index in [0.717, 1.165) is 5.56 Å². The van der Waals surface area contributed by atoms with Gasteiger partial charge < -0.3 is 5.11 Å². The minimum absolute atomic E-state index is 0.114. The van der Waals surface area contributed by atoms with Gasteiger partial charge in [0.25, 0.3) is 0 Å². The van der Waals surface area contributed by atoms with E-state index >= 15 is 0 Å². The highest BCUT2D eigenvalue weighted by Crippen LogP contribution is 2.25. The Hall–Kier alpha value is -1.91. The van der Waals surface area contributed by atoms with E-state index in [1.54, 1.807) is 19.2 Å². The van der Waals surface area contributed by atoms with Gasteiger partial charge in [0.15, 0.2) is 0 Å². The maximum Gasteiger partial charge on any atom is 0.308 e. The second kappa shape index (κ2) is 6.03. The van der Waals surface area contributed by atoms with Crippen molar-refractivity contribution in [3.05, 3.63) is 23.9 Å². The summed E-state index contributed by atoms with van der Waals surface area (Å²) in [5, 5.41) is 9.07. The topological polar surface area (TPSA) is 70.5 Å². The van der Waals surface area contributed by atoms with Crippen LogP contribution in [0, 0.1) is 18.3 Å². The third-order valence-electron chi connectivity index (χ3n) is 3.00. The highest BCUT2D eigenvalue weighted by Gasteiger charge is 2.31. The molecule has 5 nitrogen and oxygen atoms in total. The average Bonchev–Trinajstić information content (AvgIpc) is 2.34. The van der Waals surface area contributed by atoms with Crippen LogP contribution in [0.2, 0.25) is 0 Å². The van der Waals surface area contributed by atoms with E-state index in [0.29, 0.717) is 5.82 Å². The van der Waals surface area contributed by atoms with Gasteiger partial charge in [-0.1, -0.05) is 33.8 Å². The monoisotopic (exact) mass is 278 g/mol. The number of anilines is 1. The Labute approximate surface area is 119 Å². The Balaban J connectivity index is 3.18. The van der Waals surface area contributed by atoms with Crippen molar-refractivity contribution in [3.63, 3.8) is 0 Å². The van der Waals surface area contributed by atoms with Gasteiger partial charge in [-0.25, -0.2) is 4.98 Å². The van der Waals surface area contributed by atoms with E-state index in [-0.39, 0.29) is 12.5 Å². The Bertz CT molecular complexity index is 506. The number of aryl methyl sites for hydroxylation is 1. The lowest BCUT2D eigenvalue weighted by molar-refractivity contribution is -0.140. The zero-order valence-electron chi connectivity index (χ0n) is 12.7. The Morgan fingerprint density at radius 3 is 2.45 bits per heavy atom. The summed E-state index contributed by atoms with van der Waals surface area (Å²) in [6.07, 6.45) is 1.61. The Morgan fingerprint density at radius 2 is 2.00 bits per heavy atom. The molecule has 110 valence electrons. The summed E-state index contributed by atoms with van der Waals surface area (Å²) < 4.78 is 0. The maximum atomic E-state index is 12.6. The highest BCUT2D eigenvalue weighted by atomic mass is 16.4. The molecule has 0 fully saturated rings. The van der Waals surface area contributed by atoms with Gasteiger partial charge in [0.2, 0.25) is 5.91 Å². The first kappa shape index (κ1) is 16.1. The van der Waals surface area contributed by atoms with Crippen molar-refractivity contribution in [1.82, 2.24) is 4.98 Å². The first-order valence-corrected chi connectivity index (χ1v) is 6.61. The zero-order valence-corrected chi connectivity index (χ0v) is 12.7. The van der Waals surface area contributed by atoms with Crippen molar-refractivity contribution in [1.29, 1.82) is 0 Å². The van der Waals surface area contributed by atoms with E-state index < -0.39 is 17.3 Å². The number of carboxylic acid groups (broad SMARTS) is 1. The van der Waals surface area contributed by atoms with Crippen LogP contribution in [0.4, 0.5) is 5.82 Å². The fourth-order valence-electron chi connectivity index (χ4n) is 1.78. The van der Waals surface area contributed by atoms with E-state index in [1.807, 2.05) is 33.8 Å². The standard InChI is InChI=1S/C15H22N2O3/c1-10-7-6-8-16-12(10)17(9-11(2)13(18)19)14(20)15(3,4)5/h6-8,11H,9H2,1-5H3,(H,18,19). The van der Waals surface area contributed by atoms with Gasteiger partial charge in [-0.3, -0.25) is 14.5 Å². The number of pyridine rings is 1. The van der Waals surface area contributed by atoms with Crippen LogP contribution in [0.1, 0.15) is 33.3 Å². The van der Waals surface area contributed by atoms with Crippen molar-refractivity contribution < 1.29 is 14.7 Å². The normalized spacial score (nSPS) is 12.8. The highest BCUT2D eigenvalue weighted by molar-refractivity contribution is 5.97. The molecule has 1 aromatic rings. The van der Waals surface area contributed by atoms with Crippen molar-refractivity contribution in [2.24, 2.45) is 11.3 Å². The molecule has 1 rings (SSSR count). The quantitative estimate of drug-likeness (QED) is 0.918. The van der Waals surface area contributed by atoms with Gasteiger partial charge in [0.05, 0.1) is 5.92 Å². The van der Waals surface area contributed by atoms with Crippen LogP contribution in [-0.2, 0) is 9.59 Å². The number of hydrogen-bond acceptors (Lipinski definition) is 3. The minimum atomic E-state index is -0.926. The number of aromatic nitrogens is 1. The van der Waals surface area contributed by atoms with Crippen LogP contribution in [0.25, 0.3) is 0 Å². The molecule has 1 heterocycles. The number of carboxylic acids is 1. The number of amides is 1. The van der Waals surface area contributed by atoms with E-state index in [9.17, 15) is 9.59 Å². The predicted molar refractivity (Wildman–Crippen MR) is 77.6 cm³/mol. The molecule has 5 heteroatoms. The molecule has 1 aromatic heterocycles.